The lowest BCUT2D eigenvalue weighted by Gasteiger charge is -2.00. The first-order valence-corrected chi connectivity index (χ1v) is 3.54. The summed E-state index contributed by atoms with van der Waals surface area (Å²) in [5.41, 5.74) is 6.62. The van der Waals surface area contributed by atoms with Gasteiger partial charge in [0, 0.05) is 16.9 Å². The second-order valence-corrected chi connectivity index (χ2v) is 2.75. The first kappa shape index (κ1) is 7.09. The lowest BCUT2D eigenvalue weighted by Crippen LogP contribution is -2.03. The number of hydrogen-bond donors (Lipinski definition) is 2. The first-order chi connectivity index (χ1) is 5.66. The van der Waals surface area contributed by atoms with Crippen molar-refractivity contribution in [3.8, 4) is 0 Å². The summed E-state index contributed by atoms with van der Waals surface area (Å²) in [5, 5.41) is 2.52. The maximum atomic E-state index is 13.1. The normalized spacial score (nSPS) is 14.2. The van der Waals surface area contributed by atoms with Crippen LogP contribution < -0.4 is 11.1 Å². The molecule has 0 spiro atoms. The number of amides is 1. The fourth-order valence-electron chi connectivity index (χ4n) is 1.30. The Kier molecular flexibility index (Phi) is 1.30. The zero-order chi connectivity index (χ0) is 8.72. The molecule has 0 radical (unpaired) electrons. The van der Waals surface area contributed by atoms with Crippen LogP contribution >= 0.6 is 0 Å². The molecule has 3 nitrogen and oxygen atoms in total. The largest absolute Gasteiger partial charge is 0.399 e. The van der Waals surface area contributed by atoms with Crippen molar-refractivity contribution in [3.05, 3.63) is 23.5 Å². The molecule has 0 fully saturated rings. The molecule has 0 aromatic heterocycles. The number of carbonyl (C=O) groups is 1. The summed E-state index contributed by atoms with van der Waals surface area (Å²) in [6.45, 7) is 0. The molecule has 0 unspecified atom stereocenters. The highest BCUT2D eigenvalue weighted by atomic mass is 19.1. The molecule has 1 heterocycles. The van der Waals surface area contributed by atoms with Crippen LogP contribution in [0, 0.1) is 5.82 Å². The number of nitrogens with two attached hydrogens (primary N) is 1. The third-order valence-corrected chi connectivity index (χ3v) is 1.83. The van der Waals surface area contributed by atoms with Crippen LogP contribution in [0.1, 0.15) is 5.56 Å². The molecule has 1 amide bonds. The van der Waals surface area contributed by atoms with E-state index < -0.39 is 5.82 Å². The molecule has 1 aromatic carbocycles. The van der Waals surface area contributed by atoms with Gasteiger partial charge in [0.1, 0.15) is 5.82 Å². The number of nitrogen functional groups attached to an aromatic ring is 1. The molecule has 2 rings (SSSR count). The van der Waals surface area contributed by atoms with Crippen molar-refractivity contribution < 1.29 is 9.18 Å². The van der Waals surface area contributed by atoms with Gasteiger partial charge in [0.25, 0.3) is 0 Å². The SMILES string of the molecule is Nc1cc(F)c2c(c1)NC(=O)C2. The molecule has 62 valence electrons. The van der Waals surface area contributed by atoms with E-state index in [0.717, 1.165) is 0 Å². The monoisotopic (exact) mass is 166 g/mol. The van der Waals surface area contributed by atoms with Gasteiger partial charge in [0.05, 0.1) is 6.42 Å². The lowest BCUT2D eigenvalue weighted by atomic mass is 10.1. The third-order valence-electron chi connectivity index (χ3n) is 1.83. The Labute approximate surface area is 68.4 Å². The molecular weight excluding hydrogens is 159 g/mol. The highest BCUT2D eigenvalue weighted by molar-refractivity contribution is 5.99. The van der Waals surface area contributed by atoms with Crippen molar-refractivity contribution in [2.75, 3.05) is 11.1 Å². The average Bonchev–Trinajstić information content (AvgIpc) is 2.29. The van der Waals surface area contributed by atoms with Crippen LogP contribution in [0.2, 0.25) is 0 Å². The van der Waals surface area contributed by atoms with Gasteiger partial charge in [-0.1, -0.05) is 0 Å². The molecule has 3 N–H and O–H groups in total. The van der Waals surface area contributed by atoms with Crippen LogP contribution in [0.25, 0.3) is 0 Å². The average molecular weight is 166 g/mol. The van der Waals surface area contributed by atoms with Crippen molar-refractivity contribution in [1.82, 2.24) is 0 Å². The molecule has 1 aliphatic heterocycles. The Bertz CT molecular complexity index is 362. The van der Waals surface area contributed by atoms with Crippen molar-refractivity contribution in [3.63, 3.8) is 0 Å². The Morgan fingerprint density at radius 2 is 2.25 bits per heavy atom. The summed E-state index contributed by atoms with van der Waals surface area (Å²) < 4.78 is 13.1. The second kappa shape index (κ2) is 2.20. The minimum atomic E-state index is -0.414. The smallest absolute Gasteiger partial charge is 0.228 e. The topological polar surface area (TPSA) is 55.1 Å². The number of nitrogens with one attached hydrogen (secondary N) is 1. The Morgan fingerprint density at radius 3 is 3.00 bits per heavy atom. The van der Waals surface area contributed by atoms with Crippen molar-refractivity contribution in [1.29, 1.82) is 0 Å². The maximum Gasteiger partial charge on any atom is 0.228 e. The van der Waals surface area contributed by atoms with E-state index >= 15 is 0 Å². The molecule has 0 aliphatic carbocycles. The van der Waals surface area contributed by atoms with Gasteiger partial charge >= 0.3 is 0 Å². The van der Waals surface area contributed by atoms with Crippen molar-refractivity contribution >= 4 is 17.3 Å². The van der Waals surface area contributed by atoms with E-state index in [9.17, 15) is 9.18 Å². The number of carbonyl (C=O) groups excluding carboxylic acids is 1. The van der Waals surface area contributed by atoms with Gasteiger partial charge in [-0.05, 0) is 12.1 Å². The second-order valence-electron chi connectivity index (χ2n) is 2.75. The number of hydrogen-bond acceptors (Lipinski definition) is 2. The van der Waals surface area contributed by atoms with E-state index in [4.69, 9.17) is 5.73 Å². The zero-order valence-electron chi connectivity index (χ0n) is 6.23. The summed E-state index contributed by atoms with van der Waals surface area (Å²) in [7, 11) is 0. The summed E-state index contributed by atoms with van der Waals surface area (Å²) in [5.74, 6) is -0.599. The third kappa shape index (κ3) is 0.922. The van der Waals surface area contributed by atoms with Crippen LogP contribution in [0.5, 0.6) is 0 Å². The van der Waals surface area contributed by atoms with Gasteiger partial charge in [-0.3, -0.25) is 4.79 Å². The molecule has 1 aliphatic rings. The van der Waals surface area contributed by atoms with E-state index in [1.165, 1.54) is 6.07 Å². The predicted octanol–water partition coefficient (Wildman–Crippen LogP) is 0.903. The summed E-state index contributed by atoms with van der Waals surface area (Å²) >= 11 is 0. The first-order valence-electron chi connectivity index (χ1n) is 3.54. The van der Waals surface area contributed by atoms with Crippen LogP contribution in [0.15, 0.2) is 12.1 Å². The van der Waals surface area contributed by atoms with Crippen LogP contribution in [0.3, 0.4) is 0 Å². The Balaban J connectivity index is 2.59. The lowest BCUT2D eigenvalue weighted by molar-refractivity contribution is -0.115. The van der Waals surface area contributed by atoms with Crippen LogP contribution in [-0.2, 0) is 11.2 Å². The molecule has 4 heteroatoms. The summed E-state index contributed by atoms with van der Waals surface area (Å²) in [6, 6.07) is 2.78. The molecule has 12 heavy (non-hydrogen) atoms. The molecule has 1 aromatic rings. The van der Waals surface area contributed by atoms with Crippen molar-refractivity contribution in [2.45, 2.75) is 6.42 Å². The maximum absolute atomic E-state index is 13.1. The predicted molar refractivity (Wildman–Crippen MR) is 43.1 cm³/mol. The van der Waals surface area contributed by atoms with Gasteiger partial charge < -0.3 is 11.1 Å². The van der Waals surface area contributed by atoms with E-state index in [1.807, 2.05) is 0 Å². The quantitative estimate of drug-likeness (QED) is 0.562. The molecule has 0 saturated heterocycles. The van der Waals surface area contributed by atoms with Gasteiger partial charge in [-0.25, -0.2) is 4.39 Å². The fourth-order valence-corrected chi connectivity index (χ4v) is 1.30. The molecular formula is C8H7FN2O. The Hall–Kier alpha value is -1.58. The molecule has 0 atom stereocenters. The van der Waals surface area contributed by atoms with Gasteiger partial charge in [-0.2, -0.15) is 0 Å². The van der Waals surface area contributed by atoms with Crippen LogP contribution in [-0.4, -0.2) is 5.91 Å². The van der Waals surface area contributed by atoms with Gasteiger partial charge in [0.15, 0.2) is 0 Å². The van der Waals surface area contributed by atoms with E-state index in [2.05, 4.69) is 5.32 Å². The van der Waals surface area contributed by atoms with Crippen molar-refractivity contribution in [2.24, 2.45) is 0 Å². The number of benzene rings is 1. The Morgan fingerprint density at radius 1 is 1.50 bits per heavy atom. The van der Waals surface area contributed by atoms with Crippen LogP contribution in [0.4, 0.5) is 15.8 Å². The minimum Gasteiger partial charge on any atom is -0.399 e. The van der Waals surface area contributed by atoms with E-state index in [1.54, 1.807) is 6.07 Å². The minimum absolute atomic E-state index is 0.113. The summed E-state index contributed by atoms with van der Waals surface area (Å²) in [6.07, 6.45) is 0.113. The van der Waals surface area contributed by atoms with E-state index in [0.29, 0.717) is 16.9 Å². The standard InChI is InChI=1S/C8H7FN2O/c9-6-1-4(10)2-7-5(6)3-8(12)11-7/h1-2H,3,10H2,(H,11,12). The zero-order valence-corrected chi connectivity index (χ0v) is 6.23. The summed E-state index contributed by atoms with van der Waals surface area (Å²) in [4.78, 5) is 10.8. The molecule has 0 saturated carbocycles. The number of fused-ring (bicyclic) bond motifs is 1. The highest BCUT2D eigenvalue weighted by Gasteiger charge is 2.21. The fraction of sp³-hybridized carbons (Fsp3) is 0.125. The number of halogens is 1. The number of anilines is 2. The highest BCUT2D eigenvalue weighted by Crippen LogP contribution is 2.27. The van der Waals surface area contributed by atoms with Gasteiger partial charge in [-0.15, -0.1) is 0 Å². The number of rotatable bonds is 0. The molecule has 0 bridgehead atoms. The van der Waals surface area contributed by atoms with Gasteiger partial charge in [0.2, 0.25) is 5.91 Å². The van der Waals surface area contributed by atoms with E-state index in [-0.39, 0.29) is 12.3 Å².